The number of halogens is 1. The molecule has 0 saturated carbocycles. The molecule has 1 fully saturated rings. The fourth-order valence-corrected chi connectivity index (χ4v) is 2.78. The van der Waals surface area contributed by atoms with Crippen LogP contribution in [0.3, 0.4) is 0 Å². The zero-order valence-corrected chi connectivity index (χ0v) is 12.6. The van der Waals surface area contributed by atoms with Gasteiger partial charge in [-0.2, -0.15) is 5.10 Å². The minimum absolute atomic E-state index is 0.00948. The predicted molar refractivity (Wildman–Crippen MR) is 78.4 cm³/mol. The molecule has 1 aromatic rings. The summed E-state index contributed by atoms with van der Waals surface area (Å²) >= 11 is 6.12. The van der Waals surface area contributed by atoms with Gasteiger partial charge in [0.05, 0.1) is 5.69 Å². The molecule has 1 saturated heterocycles. The summed E-state index contributed by atoms with van der Waals surface area (Å²) in [6.07, 6.45) is 5.01. The molecule has 1 N–H and O–H groups in total. The highest BCUT2D eigenvalue weighted by atomic mass is 35.5. The maximum absolute atomic E-state index is 12.1. The number of carbonyl (C=O) groups excluding carboxylic acids is 1. The third-order valence-electron chi connectivity index (χ3n) is 3.72. The van der Waals surface area contributed by atoms with Gasteiger partial charge in [-0.1, -0.05) is 11.6 Å². The van der Waals surface area contributed by atoms with E-state index in [0.29, 0.717) is 11.1 Å². The minimum Gasteiger partial charge on any atom is -0.396 e. The highest BCUT2D eigenvalue weighted by Crippen LogP contribution is 2.22. The third-order valence-corrected chi connectivity index (χ3v) is 4.17. The second-order valence-corrected chi connectivity index (χ2v) is 5.56. The van der Waals surface area contributed by atoms with Gasteiger partial charge < -0.3 is 10.0 Å². The van der Waals surface area contributed by atoms with Gasteiger partial charge >= 0.3 is 0 Å². The third kappa shape index (κ3) is 3.22. The van der Waals surface area contributed by atoms with Crippen molar-refractivity contribution in [3.63, 3.8) is 0 Å². The topological polar surface area (TPSA) is 58.4 Å². The van der Waals surface area contributed by atoms with Gasteiger partial charge in [0.1, 0.15) is 5.15 Å². The van der Waals surface area contributed by atoms with E-state index in [1.54, 1.807) is 23.9 Å². The molecule has 5 nitrogen and oxygen atoms in total. The molecular formula is C14H20ClN3O2. The van der Waals surface area contributed by atoms with Crippen molar-refractivity contribution in [2.24, 2.45) is 13.0 Å². The van der Waals surface area contributed by atoms with E-state index in [2.05, 4.69) is 5.10 Å². The quantitative estimate of drug-likeness (QED) is 0.859. The largest absolute Gasteiger partial charge is 0.396 e. The Morgan fingerprint density at radius 1 is 1.60 bits per heavy atom. The fraction of sp³-hybridized carbons (Fsp3) is 0.571. The molecule has 1 atom stereocenters. The number of aromatic nitrogens is 2. The van der Waals surface area contributed by atoms with Crippen LogP contribution in [0.15, 0.2) is 6.08 Å². The van der Waals surface area contributed by atoms with E-state index in [9.17, 15) is 4.79 Å². The van der Waals surface area contributed by atoms with Crippen LogP contribution in [0.25, 0.3) is 6.08 Å². The van der Waals surface area contributed by atoms with Gasteiger partial charge in [0.15, 0.2) is 0 Å². The summed E-state index contributed by atoms with van der Waals surface area (Å²) in [5.41, 5.74) is 1.59. The number of rotatable bonds is 4. The minimum atomic E-state index is -0.00948. The zero-order chi connectivity index (χ0) is 14.7. The number of nitrogens with zero attached hydrogens (tertiary/aromatic N) is 3. The van der Waals surface area contributed by atoms with Crippen LogP contribution < -0.4 is 0 Å². The monoisotopic (exact) mass is 297 g/mol. The molecule has 2 heterocycles. The van der Waals surface area contributed by atoms with Gasteiger partial charge in [0.25, 0.3) is 0 Å². The highest BCUT2D eigenvalue weighted by Gasteiger charge is 2.24. The molecular weight excluding hydrogens is 278 g/mol. The van der Waals surface area contributed by atoms with Gasteiger partial charge in [-0.25, -0.2) is 0 Å². The molecule has 0 aliphatic carbocycles. The lowest BCUT2D eigenvalue weighted by Gasteiger charge is -2.13. The first kappa shape index (κ1) is 15.1. The van der Waals surface area contributed by atoms with E-state index in [1.807, 2.05) is 11.8 Å². The number of aliphatic hydroxyl groups is 1. The fourth-order valence-electron chi connectivity index (χ4n) is 2.55. The first-order valence-corrected chi connectivity index (χ1v) is 7.17. The molecule has 0 bridgehead atoms. The van der Waals surface area contributed by atoms with Crippen LogP contribution in [0.2, 0.25) is 5.15 Å². The van der Waals surface area contributed by atoms with Crippen molar-refractivity contribution in [2.75, 3.05) is 19.7 Å². The van der Waals surface area contributed by atoms with Crippen molar-refractivity contribution in [2.45, 2.75) is 19.8 Å². The highest BCUT2D eigenvalue weighted by molar-refractivity contribution is 6.31. The second-order valence-electron chi connectivity index (χ2n) is 5.20. The molecule has 110 valence electrons. The number of carbonyl (C=O) groups is 1. The lowest BCUT2D eigenvalue weighted by atomic mass is 10.1. The number of hydrogen-bond acceptors (Lipinski definition) is 3. The number of aliphatic hydroxyl groups excluding tert-OH is 1. The van der Waals surface area contributed by atoms with Crippen molar-refractivity contribution in [3.8, 4) is 0 Å². The summed E-state index contributed by atoms with van der Waals surface area (Å²) in [6, 6.07) is 0. The maximum atomic E-state index is 12.1. The molecule has 1 unspecified atom stereocenters. The molecule has 0 spiro atoms. The Balaban J connectivity index is 1.99. The van der Waals surface area contributed by atoms with E-state index >= 15 is 0 Å². The maximum Gasteiger partial charge on any atom is 0.246 e. The summed E-state index contributed by atoms with van der Waals surface area (Å²) < 4.78 is 1.59. The molecule has 0 radical (unpaired) electrons. The molecule has 6 heteroatoms. The SMILES string of the molecule is Cc1nn(C)c(Cl)c1/C=C/C(=O)N1CCC(CCO)C1. The summed E-state index contributed by atoms with van der Waals surface area (Å²) in [6.45, 7) is 3.53. The van der Waals surface area contributed by atoms with Gasteiger partial charge in [0.2, 0.25) is 5.91 Å². The normalized spacial score (nSPS) is 19.2. The van der Waals surface area contributed by atoms with Crippen LogP contribution in [0.5, 0.6) is 0 Å². The molecule has 1 amide bonds. The van der Waals surface area contributed by atoms with Crippen molar-refractivity contribution in [1.29, 1.82) is 0 Å². The molecule has 20 heavy (non-hydrogen) atoms. The second kappa shape index (κ2) is 6.41. The Hall–Kier alpha value is -1.33. The summed E-state index contributed by atoms with van der Waals surface area (Å²) in [5.74, 6) is 0.408. The standard InChI is InChI=1S/C14H20ClN3O2/c1-10-12(14(15)17(2)16-10)3-4-13(20)18-7-5-11(9-18)6-8-19/h3-4,11,19H,5-9H2,1-2H3/b4-3+. The summed E-state index contributed by atoms with van der Waals surface area (Å²) in [7, 11) is 1.77. The first-order valence-electron chi connectivity index (χ1n) is 6.80. The van der Waals surface area contributed by atoms with Crippen LogP contribution in [0.1, 0.15) is 24.1 Å². The van der Waals surface area contributed by atoms with Gasteiger partial charge in [-0.05, 0) is 31.8 Å². The summed E-state index contributed by atoms with van der Waals surface area (Å²) in [4.78, 5) is 13.9. The molecule has 1 aliphatic rings. The van der Waals surface area contributed by atoms with Gasteiger partial charge in [0, 0.05) is 38.4 Å². The van der Waals surface area contributed by atoms with Crippen LogP contribution >= 0.6 is 11.6 Å². The summed E-state index contributed by atoms with van der Waals surface area (Å²) in [5, 5.41) is 13.7. The average molecular weight is 298 g/mol. The lowest BCUT2D eigenvalue weighted by Crippen LogP contribution is -2.26. The van der Waals surface area contributed by atoms with Crippen LogP contribution in [0, 0.1) is 12.8 Å². The number of aryl methyl sites for hydroxylation is 2. The number of hydrogen-bond donors (Lipinski definition) is 1. The average Bonchev–Trinajstić information content (AvgIpc) is 2.95. The van der Waals surface area contributed by atoms with E-state index in [-0.39, 0.29) is 12.5 Å². The molecule has 1 aromatic heterocycles. The van der Waals surface area contributed by atoms with E-state index in [4.69, 9.17) is 16.7 Å². The van der Waals surface area contributed by atoms with Crippen molar-refractivity contribution < 1.29 is 9.90 Å². The van der Waals surface area contributed by atoms with Crippen LogP contribution in [-0.4, -0.2) is 45.4 Å². The van der Waals surface area contributed by atoms with Gasteiger partial charge in [-0.3, -0.25) is 9.48 Å². The Labute approximate surface area is 123 Å². The van der Waals surface area contributed by atoms with Crippen molar-refractivity contribution in [3.05, 3.63) is 22.5 Å². The molecule has 0 aromatic carbocycles. The Morgan fingerprint density at radius 2 is 2.35 bits per heavy atom. The van der Waals surface area contributed by atoms with Crippen molar-refractivity contribution in [1.82, 2.24) is 14.7 Å². The van der Waals surface area contributed by atoms with E-state index in [0.717, 1.165) is 37.2 Å². The molecule has 2 rings (SSSR count). The smallest absolute Gasteiger partial charge is 0.246 e. The van der Waals surface area contributed by atoms with Crippen LogP contribution in [0.4, 0.5) is 0 Å². The lowest BCUT2D eigenvalue weighted by molar-refractivity contribution is -0.125. The zero-order valence-electron chi connectivity index (χ0n) is 11.8. The number of amides is 1. The first-order chi connectivity index (χ1) is 9.52. The van der Waals surface area contributed by atoms with E-state index < -0.39 is 0 Å². The Kier molecular flexibility index (Phi) is 4.83. The van der Waals surface area contributed by atoms with E-state index in [1.165, 1.54) is 0 Å². The number of likely N-dealkylation sites (tertiary alicyclic amines) is 1. The van der Waals surface area contributed by atoms with Crippen LogP contribution in [-0.2, 0) is 11.8 Å². The molecule has 1 aliphatic heterocycles. The van der Waals surface area contributed by atoms with Gasteiger partial charge in [-0.15, -0.1) is 0 Å². The Morgan fingerprint density at radius 3 is 2.95 bits per heavy atom. The van der Waals surface area contributed by atoms with Crippen molar-refractivity contribution >= 4 is 23.6 Å². The Bertz CT molecular complexity index is 525. The predicted octanol–water partition coefficient (Wildman–Crippen LogP) is 1.63.